The molecule has 1 heterocycles. The molecule has 8 heteroatoms. The largest absolute Gasteiger partial charge is 0.497 e. The van der Waals surface area contributed by atoms with Gasteiger partial charge in [0.1, 0.15) is 11.5 Å². The summed E-state index contributed by atoms with van der Waals surface area (Å²) in [4.78, 5) is 24.1. The highest BCUT2D eigenvalue weighted by Crippen LogP contribution is 2.51. The fourth-order valence-electron chi connectivity index (χ4n) is 5.12. The van der Waals surface area contributed by atoms with E-state index in [9.17, 15) is 19.8 Å². The fourth-order valence-corrected chi connectivity index (χ4v) is 5.12. The van der Waals surface area contributed by atoms with E-state index in [1.807, 2.05) is 36.4 Å². The molecule has 8 nitrogen and oxygen atoms in total. The van der Waals surface area contributed by atoms with E-state index in [0.29, 0.717) is 29.2 Å². The van der Waals surface area contributed by atoms with E-state index < -0.39 is 30.4 Å². The van der Waals surface area contributed by atoms with Gasteiger partial charge in [0.05, 0.1) is 13.0 Å². The Kier molecular flexibility index (Phi) is 5.94. The Morgan fingerprint density at radius 3 is 2.54 bits per heavy atom. The van der Waals surface area contributed by atoms with Crippen LogP contribution in [-0.2, 0) is 16.0 Å². The first-order chi connectivity index (χ1) is 17.0. The highest BCUT2D eigenvalue weighted by Gasteiger charge is 2.44. The van der Waals surface area contributed by atoms with Crippen LogP contribution >= 0.6 is 0 Å². The first-order valence-corrected chi connectivity index (χ1v) is 11.2. The minimum absolute atomic E-state index is 0.132. The molecule has 1 aliphatic heterocycles. The maximum Gasteiger partial charge on any atom is 0.341 e. The predicted molar refractivity (Wildman–Crippen MR) is 125 cm³/mol. The minimum atomic E-state index is -1.13. The van der Waals surface area contributed by atoms with Crippen LogP contribution in [-0.4, -0.2) is 42.7 Å². The lowest BCUT2D eigenvalue weighted by Gasteiger charge is -2.38. The van der Waals surface area contributed by atoms with Gasteiger partial charge in [-0.1, -0.05) is 36.4 Å². The van der Waals surface area contributed by atoms with E-state index >= 15 is 0 Å². The fraction of sp³-hybridized carbons (Fsp3) is 0.259. The molecule has 0 saturated heterocycles. The van der Waals surface area contributed by atoms with Crippen molar-refractivity contribution >= 4 is 11.9 Å². The van der Waals surface area contributed by atoms with Crippen LogP contribution in [0.15, 0.2) is 60.7 Å². The Morgan fingerprint density at radius 2 is 1.77 bits per heavy atom. The molecule has 5 rings (SSSR count). The lowest BCUT2D eigenvalue weighted by molar-refractivity contribution is -0.143. The van der Waals surface area contributed by atoms with Crippen molar-refractivity contribution in [2.45, 2.75) is 18.3 Å². The van der Waals surface area contributed by atoms with Crippen LogP contribution in [0, 0.1) is 5.92 Å². The molecule has 0 spiro atoms. The maximum absolute atomic E-state index is 12.9. The molecule has 0 saturated carbocycles. The number of fused-ring (bicyclic) bond motifs is 2. The van der Waals surface area contributed by atoms with Gasteiger partial charge in [-0.2, -0.15) is 0 Å². The number of rotatable bonds is 7. The summed E-state index contributed by atoms with van der Waals surface area (Å²) in [5.41, 5.74) is 3.33. The number of hydrogen-bond donors (Lipinski definition) is 2. The second-order valence-corrected chi connectivity index (χ2v) is 8.55. The molecule has 0 fully saturated rings. The van der Waals surface area contributed by atoms with Crippen molar-refractivity contribution in [3.63, 3.8) is 0 Å². The summed E-state index contributed by atoms with van der Waals surface area (Å²) in [5, 5.41) is 19.7. The molecule has 2 aliphatic rings. The number of hydrogen-bond acceptors (Lipinski definition) is 6. The van der Waals surface area contributed by atoms with Crippen molar-refractivity contribution in [1.82, 2.24) is 0 Å². The number of benzene rings is 3. The van der Waals surface area contributed by atoms with Crippen LogP contribution in [0.4, 0.5) is 0 Å². The van der Waals surface area contributed by atoms with Crippen LogP contribution < -0.4 is 18.9 Å². The van der Waals surface area contributed by atoms with Gasteiger partial charge in [0.25, 0.3) is 0 Å². The number of carboxylic acids is 2. The average Bonchev–Trinajstić information content (AvgIpc) is 3.34. The number of aliphatic carboxylic acids is 2. The summed E-state index contributed by atoms with van der Waals surface area (Å²) in [6.45, 7) is -0.425. The summed E-state index contributed by atoms with van der Waals surface area (Å²) in [7, 11) is 1.50. The lowest BCUT2D eigenvalue weighted by Crippen LogP contribution is -2.35. The molecule has 3 aromatic rings. The number of ether oxygens (including phenoxy) is 4. The molecule has 3 unspecified atom stereocenters. The van der Waals surface area contributed by atoms with Crippen LogP contribution in [0.5, 0.6) is 23.0 Å². The van der Waals surface area contributed by atoms with E-state index in [4.69, 9.17) is 18.9 Å². The van der Waals surface area contributed by atoms with Crippen LogP contribution in [0.3, 0.4) is 0 Å². The quantitative estimate of drug-likeness (QED) is 0.525. The zero-order chi connectivity index (χ0) is 24.5. The van der Waals surface area contributed by atoms with E-state index in [1.54, 1.807) is 24.3 Å². The van der Waals surface area contributed by atoms with Gasteiger partial charge in [-0.3, -0.25) is 4.79 Å². The molecule has 0 radical (unpaired) electrons. The van der Waals surface area contributed by atoms with Crippen molar-refractivity contribution in [2.75, 3.05) is 20.5 Å². The molecule has 3 aromatic carbocycles. The summed E-state index contributed by atoms with van der Waals surface area (Å²) in [6.07, 6.45) is 0.532. The van der Waals surface area contributed by atoms with Crippen LogP contribution in [0.25, 0.3) is 0 Å². The summed E-state index contributed by atoms with van der Waals surface area (Å²) in [5.74, 6) is -1.88. The molecule has 1 aliphatic carbocycles. The summed E-state index contributed by atoms with van der Waals surface area (Å²) < 4.78 is 21.9. The van der Waals surface area contributed by atoms with Crippen molar-refractivity contribution in [3.05, 3.63) is 82.9 Å². The molecule has 0 bridgehead atoms. The maximum atomic E-state index is 12.9. The molecular weight excluding hydrogens is 452 g/mol. The molecule has 0 amide bonds. The molecule has 3 atom stereocenters. The van der Waals surface area contributed by atoms with Gasteiger partial charge in [-0.15, -0.1) is 0 Å². The van der Waals surface area contributed by atoms with Crippen LogP contribution in [0.2, 0.25) is 0 Å². The Labute approximate surface area is 201 Å². The van der Waals surface area contributed by atoms with Gasteiger partial charge in [-0.05, 0) is 41.3 Å². The standard InChI is InChI=1S/C27H24O8/c1-32-17-7-8-19(22(12-17)33-13-24(28)29)25-18-5-3-2-4-15(18)10-20(26(25)27(30)31)16-6-9-21-23(11-16)35-14-34-21/h2-9,11-12,20,25-26H,10,13-14H2,1H3,(H,28,29)(H,30,31). The Hall–Kier alpha value is -4.20. The average molecular weight is 476 g/mol. The Balaban J connectivity index is 1.67. The van der Waals surface area contributed by atoms with Crippen molar-refractivity contribution in [1.29, 1.82) is 0 Å². The highest BCUT2D eigenvalue weighted by atomic mass is 16.7. The monoisotopic (exact) mass is 476 g/mol. The highest BCUT2D eigenvalue weighted by molar-refractivity contribution is 5.76. The number of carboxylic acid groups (broad SMARTS) is 2. The van der Waals surface area contributed by atoms with E-state index in [-0.39, 0.29) is 18.5 Å². The van der Waals surface area contributed by atoms with Crippen LogP contribution in [0.1, 0.15) is 34.1 Å². The van der Waals surface area contributed by atoms with Gasteiger partial charge < -0.3 is 29.2 Å². The second kappa shape index (κ2) is 9.21. The predicted octanol–water partition coefficient (Wildman–Crippen LogP) is 4.06. The minimum Gasteiger partial charge on any atom is -0.497 e. The molecule has 0 aromatic heterocycles. The first kappa shape index (κ1) is 22.6. The second-order valence-electron chi connectivity index (χ2n) is 8.55. The third-order valence-electron chi connectivity index (χ3n) is 6.64. The Bertz CT molecular complexity index is 1280. The number of carbonyl (C=O) groups is 2. The molecule has 2 N–H and O–H groups in total. The normalized spacial score (nSPS) is 20.1. The topological polar surface area (TPSA) is 112 Å². The zero-order valence-corrected chi connectivity index (χ0v) is 19.0. The SMILES string of the molecule is COc1ccc(C2c3ccccc3CC(c3ccc4c(c3)OCO4)C2C(=O)O)c(OCC(=O)O)c1. The van der Waals surface area contributed by atoms with Gasteiger partial charge in [0.15, 0.2) is 18.1 Å². The van der Waals surface area contributed by atoms with Gasteiger partial charge in [-0.25, -0.2) is 4.79 Å². The molecular formula is C27H24O8. The molecule has 35 heavy (non-hydrogen) atoms. The third-order valence-corrected chi connectivity index (χ3v) is 6.64. The zero-order valence-electron chi connectivity index (χ0n) is 19.0. The van der Waals surface area contributed by atoms with Gasteiger partial charge >= 0.3 is 11.9 Å². The van der Waals surface area contributed by atoms with E-state index in [2.05, 4.69) is 0 Å². The Morgan fingerprint density at radius 1 is 0.971 bits per heavy atom. The molecule has 180 valence electrons. The van der Waals surface area contributed by atoms with Crippen molar-refractivity contribution in [2.24, 2.45) is 5.92 Å². The van der Waals surface area contributed by atoms with E-state index in [0.717, 1.165) is 16.7 Å². The third kappa shape index (κ3) is 4.23. The van der Waals surface area contributed by atoms with E-state index in [1.165, 1.54) is 7.11 Å². The lowest BCUT2D eigenvalue weighted by atomic mass is 9.64. The van der Waals surface area contributed by atoms with Crippen molar-refractivity contribution in [3.8, 4) is 23.0 Å². The number of methoxy groups -OCH3 is 1. The van der Waals surface area contributed by atoms with Gasteiger partial charge in [0, 0.05) is 23.5 Å². The summed E-state index contributed by atoms with van der Waals surface area (Å²) in [6, 6.07) is 18.4. The first-order valence-electron chi connectivity index (χ1n) is 11.2. The summed E-state index contributed by atoms with van der Waals surface area (Å²) >= 11 is 0. The smallest absolute Gasteiger partial charge is 0.341 e. The van der Waals surface area contributed by atoms with Crippen molar-refractivity contribution < 1.29 is 38.7 Å². The van der Waals surface area contributed by atoms with Gasteiger partial charge in [0.2, 0.25) is 6.79 Å².